The van der Waals surface area contributed by atoms with Crippen molar-refractivity contribution >= 4 is 17.8 Å². The van der Waals surface area contributed by atoms with Gasteiger partial charge in [-0.1, -0.05) is 49.4 Å². The number of ether oxygens (including phenoxy) is 2. The van der Waals surface area contributed by atoms with Crippen LogP contribution in [0.4, 0.5) is 0 Å². The van der Waals surface area contributed by atoms with Gasteiger partial charge in [-0.05, 0) is 39.2 Å². The zero-order valence-electron chi connectivity index (χ0n) is 17.6. The summed E-state index contributed by atoms with van der Waals surface area (Å²) in [6, 6.07) is 9.32. The Morgan fingerprint density at radius 2 is 1.79 bits per heavy atom. The third-order valence-electron chi connectivity index (χ3n) is 4.57. The zero-order valence-corrected chi connectivity index (χ0v) is 17.6. The van der Waals surface area contributed by atoms with Crippen LogP contribution in [0.15, 0.2) is 42.5 Å². The van der Waals surface area contributed by atoms with E-state index in [0.29, 0.717) is 12.8 Å². The molecule has 0 saturated carbocycles. The number of cyclic esters (lactones) is 1. The molecule has 6 heteroatoms. The van der Waals surface area contributed by atoms with E-state index in [2.05, 4.69) is 5.32 Å². The number of carbonyl (C=O) groups is 3. The Hall–Kier alpha value is -2.63. The Labute approximate surface area is 172 Å². The van der Waals surface area contributed by atoms with Gasteiger partial charge in [-0.25, -0.2) is 0 Å². The van der Waals surface area contributed by atoms with Gasteiger partial charge >= 0.3 is 11.9 Å². The maximum atomic E-state index is 12.8. The van der Waals surface area contributed by atoms with Crippen LogP contribution in [-0.4, -0.2) is 30.0 Å². The number of nitrogens with one attached hydrogen (secondary N) is 1. The Kier molecular flexibility index (Phi) is 8.00. The molecule has 1 aromatic rings. The first-order valence-corrected chi connectivity index (χ1v) is 10.1. The molecule has 1 aliphatic heterocycles. The van der Waals surface area contributed by atoms with E-state index in [4.69, 9.17) is 9.47 Å². The predicted molar refractivity (Wildman–Crippen MR) is 110 cm³/mol. The highest BCUT2D eigenvalue weighted by molar-refractivity contribution is 5.84. The standard InChI is InChI=1S/C23H31NO5/c1-16-10-8-9-13-18(14-20(25)29-23(2,3)4)21(26)24-15-19(28-22(16)27)17-11-6-5-7-12-17/h5-9,11-12,16,18-19H,10,13-15H2,1-4H3,(H,24,26)/b9-8-/t16-,18-,19-/m0/s1. The Morgan fingerprint density at radius 3 is 2.45 bits per heavy atom. The van der Waals surface area contributed by atoms with Gasteiger partial charge in [0.25, 0.3) is 0 Å². The van der Waals surface area contributed by atoms with Crippen molar-refractivity contribution < 1.29 is 23.9 Å². The third kappa shape index (κ3) is 7.72. The van der Waals surface area contributed by atoms with Crippen molar-refractivity contribution in [1.82, 2.24) is 5.32 Å². The van der Waals surface area contributed by atoms with Crippen LogP contribution in [0, 0.1) is 11.8 Å². The molecule has 1 aromatic carbocycles. The minimum Gasteiger partial charge on any atom is -0.460 e. The number of amides is 1. The molecule has 0 bridgehead atoms. The van der Waals surface area contributed by atoms with Gasteiger partial charge in [0, 0.05) is 0 Å². The van der Waals surface area contributed by atoms with Crippen LogP contribution in [0.2, 0.25) is 0 Å². The van der Waals surface area contributed by atoms with Crippen molar-refractivity contribution in [1.29, 1.82) is 0 Å². The third-order valence-corrected chi connectivity index (χ3v) is 4.57. The second-order valence-corrected chi connectivity index (χ2v) is 8.41. The average Bonchev–Trinajstić information content (AvgIpc) is 2.65. The van der Waals surface area contributed by atoms with Crippen LogP contribution < -0.4 is 5.32 Å². The molecule has 0 spiro atoms. The number of benzene rings is 1. The fraction of sp³-hybridized carbons (Fsp3) is 0.522. The van der Waals surface area contributed by atoms with E-state index in [1.165, 1.54) is 0 Å². The lowest BCUT2D eigenvalue weighted by Crippen LogP contribution is -2.37. The predicted octanol–water partition coefficient (Wildman–Crippen LogP) is 3.72. The Morgan fingerprint density at radius 1 is 1.14 bits per heavy atom. The van der Waals surface area contributed by atoms with Gasteiger partial charge in [0.2, 0.25) is 5.91 Å². The van der Waals surface area contributed by atoms with Crippen molar-refractivity contribution in [2.75, 3.05) is 6.54 Å². The topological polar surface area (TPSA) is 81.7 Å². The second-order valence-electron chi connectivity index (χ2n) is 8.41. The fourth-order valence-corrected chi connectivity index (χ4v) is 3.01. The van der Waals surface area contributed by atoms with Crippen LogP contribution in [0.1, 0.15) is 58.6 Å². The summed E-state index contributed by atoms with van der Waals surface area (Å²) in [5, 5.41) is 2.84. The van der Waals surface area contributed by atoms with Gasteiger partial charge < -0.3 is 14.8 Å². The molecule has 3 atom stereocenters. The summed E-state index contributed by atoms with van der Waals surface area (Å²) in [5.41, 5.74) is 0.209. The van der Waals surface area contributed by atoms with Crippen molar-refractivity contribution in [2.24, 2.45) is 11.8 Å². The number of rotatable bonds is 3. The molecule has 0 saturated heterocycles. The summed E-state index contributed by atoms with van der Waals surface area (Å²) >= 11 is 0. The van der Waals surface area contributed by atoms with E-state index in [0.717, 1.165) is 5.56 Å². The maximum absolute atomic E-state index is 12.8. The molecule has 158 valence electrons. The first-order chi connectivity index (χ1) is 13.7. The Balaban J connectivity index is 2.17. The van der Waals surface area contributed by atoms with E-state index in [-0.39, 0.29) is 30.8 Å². The van der Waals surface area contributed by atoms with Crippen molar-refractivity contribution in [3.63, 3.8) is 0 Å². The first-order valence-electron chi connectivity index (χ1n) is 10.1. The van der Waals surface area contributed by atoms with E-state index in [9.17, 15) is 14.4 Å². The van der Waals surface area contributed by atoms with E-state index in [1.807, 2.05) is 49.4 Å². The summed E-state index contributed by atoms with van der Waals surface area (Å²) in [7, 11) is 0. The quantitative estimate of drug-likeness (QED) is 0.617. The number of carbonyl (C=O) groups excluding carboxylic acids is 3. The first kappa shape index (κ1) is 22.7. The van der Waals surface area contributed by atoms with Gasteiger partial charge in [-0.15, -0.1) is 0 Å². The van der Waals surface area contributed by atoms with Crippen LogP contribution >= 0.6 is 0 Å². The molecule has 1 N–H and O–H groups in total. The monoisotopic (exact) mass is 401 g/mol. The van der Waals surface area contributed by atoms with E-state index in [1.54, 1.807) is 20.8 Å². The molecule has 0 radical (unpaired) electrons. The summed E-state index contributed by atoms with van der Waals surface area (Å²) < 4.78 is 11.0. The molecule has 1 aliphatic rings. The van der Waals surface area contributed by atoms with Crippen molar-refractivity contribution in [3.05, 3.63) is 48.0 Å². The molecule has 2 rings (SSSR count). The van der Waals surface area contributed by atoms with Crippen molar-refractivity contribution in [3.8, 4) is 0 Å². The van der Waals surface area contributed by atoms with Crippen LogP contribution in [0.3, 0.4) is 0 Å². The number of hydrogen-bond donors (Lipinski definition) is 1. The summed E-state index contributed by atoms with van der Waals surface area (Å²) in [6.07, 6.45) is 4.04. The van der Waals surface area contributed by atoms with Gasteiger partial charge in [-0.3, -0.25) is 14.4 Å². The molecular weight excluding hydrogens is 370 g/mol. The highest BCUT2D eigenvalue weighted by Gasteiger charge is 2.27. The molecule has 6 nitrogen and oxygen atoms in total. The largest absolute Gasteiger partial charge is 0.460 e. The lowest BCUT2D eigenvalue weighted by Gasteiger charge is -2.24. The minimum absolute atomic E-state index is 0.00120. The molecular formula is C23H31NO5. The van der Waals surface area contributed by atoms with Gasteiger partial charge in [0.1, 0.15) is 11.7 Å². The molecule has 1 heterocycles. The average molecular weight is 402 g/mol. The van der Waals surface area contributed by atoms with Crippen molar-refractivity contribution in [2.45, 2.75) is 58.7 Å². The smallest absolute Gasteiger partial charge is 0.309 e. The molecule has 0 fully saturated rings. The second kappa shape index (κ2) is 10.2. The van der Waals surface area contributed by atoms with Crippen LogP contribution in [-0.2, 0) is 23.9 Å². The molecule has 0 unspecified atom stereocenters. The molecule has 0 aromatic heterocycles. The SMILES string of the molecule is C[C@H]1C/C=C\C[C@@H](CC(=O)OC(C)(C)C)C(=O)NC[C@@H](c2ccccc2)OC1=O. The van der Waals surface area contributed by atoms with Gasteiger partial charge in [0.15, 0.2) is 0 Å². The minimum atomic E-state index is -0.600. The zero-order chi connectivity index (χ0) is 21.4. The lowest BCUT2D eigenvalue weighted by molar-refractivity contribution is -0.157. The Bertz CT molecular complexity index is 735. The van der Waals surface area contributed by atoms with Gasteiger partial charge in [0.05, 0.1) is 24.8 Å². The summed E-state index contributed by atoms with van der Waals surface area (Å²) in [6.45, 7) is 7.36. The summed E-state index contributed by atoms with van der Waals surface area (Å²) in [4.78, 5) is 37.4. The molecule has 0 aliphatic carbocycles. The van der Waals surface area contributed by atoms with Crippen LogP contribution in [0.5, 0.6) is 0 Å². The molecule has 29 heavy (non-hydrogen) atoms. The van der Waals surface area contributed by atoms with E-state index >= 15 is 0 Å². The number of esters is 2. The normalized spacial score (nSPS) is 25.0. The van der Waals surface area contributed by atoms with Crippen LogP contribution in [0.25, 0.3) is 0 Å². The number of allylic oxidation sites excluding steroid dienone is 2. The highest BCUT2D eigenvalue weighted by Crippen LogP contribution is 2.22. The van der Waals surface area contributed by atoms with Gasteiger partial charge in [-0.2, -0.15) is 0 Å². The summed E-state index contributed by atoms with van der Waals surface area (Å²) in [5.74, 6) is -1.80. The lowest BCUT2D eigenvalue weighted by atomic mass is 9.98. The van der Waals surface area contributed by atoms with E-state index < -0.39 is 23.6 Å². The number of hydrogen-bond acceptors (Lipinski definition) is 5. The molecule has 1 amide bonds. The maximum Gasteiger partial charge on any atom is 0.309 e. The fourth-order valence-electron chi connectivity index (χ4n) is 3.01. The highest BCUT2D eigenvalue weighted by atomic mass is 16.6.